The molecule has 1 heterocycles. The van der Waals surface area contributed by atoms with Crippen LogP contribution in [-0.4, -0.2) is 19.1 Å². The van der Waals surface area contributed by atoms with Crippen molar-refractivity contribution in [2.24, 2.45) is 0 Å². The fourth-order valence-corrected chi connectivity index (χ4v) is 2.42. The van der Waals surface area contributed by atoms with E-state index >= 15 is 0 Å². The Kier molecular flexibility index (Phi) is 2.60. The van der Waals surface area contributed by atoms with Gasteiger partial charge in [0, 0.05) is 12.4 Å². The number of anilines is 1. The van der Waals surface area contributed by atoms with Crippen molar-refractivity contribution in [2.75, 3.05) is 11.9 Å². The fourth-order valence-electron chi connectivity index (χ4n) is 2.42. The largest absolute Gasteiger partial charge is 0.477 e. The molecule has 0 spiro atoms. The Balaban J connectivity index is 2.19. The second-order valence-electron chi connectivity index (χ2n) is 4.50. The predicted molar refractivity (Wildman–Crippen MR) is 72.0 cm³/mol. The highest BCUT2D eigenvalue weighted by Crippen LogP contribution is 2.39. The molecule has 0 aromatic heterocycles. The van der Waals surface area contributed by atoms with Crippen LogP contribution in [0.5, 0.6) is 5.75 Å². The van der Waals surface area contributed by atoms with Gasteiger partial charge in [-0.1, -0.05) is 30.3 Å². The summed E-state index contributed by atoms with van der Waals surface area (Å²) >= 11 is 0. The number of benzene rings is 2. The molecule has 94 valence electrons. The van der Waals surface area contributed by atoms with Crippen LogP contribution in [-0.2, 0) is 4.79 Å². The summed E-state index contributed by atoms with van der Waals surface area (Å²) in [7, 11) is 1.72. The number of carbonyl (C=O) groups is 1. The number of nitriles is 1. The highest BCUT2D eigenvalue weighted by Gasteiger charge is 2.33. The molecule has 4 heteroatoms. The van der Waals surface area contributed by atoms with Crippen molar-refractivity contribution in [2.45, 2.75) is 12.5 Å². The molecule has 2 aromatic rings. The maximum atomic E-state index is 12.2. The maximum absolute atomic E-state index is 12.2. The number of likely N-dealkylation sites (N-methyl/N-ethyl adjacent to an activating group) is 1. The van der Waals surface area contributed by atoms with Gasteiger partial charge < -0.3 is 9.64 Å². The average Bonchev–Trinajstić information content (AvgIpc) is 2.44. The summed E-state index contributed by atoms with van der Waals surface area (Å²) in [5.41, 5.74) is 0.775. The minimum Gasteiger partial charge on any atom is -0.477 e. The van der Waals surface area contributed by atoms with E-state index in [0.717, 1.165) is 16.5 Å². The average molecular weight is 252 g/mol. The Bertz CT molecular complexity index is 703. The Morgan fingerprint density at radius 3 is 2.89 bits per heavy atom. The molecule has 0 saturated carbocycles. The van der Waals surface area contributed by atoms with E-state index in [-0.39, 0.29) is 12.3 Å². The van der Waals surface area contributed by atoms with E-state index in [9.17, 15) is 4.79 Å². The normalized spacial score (nSPS) is 17.8. The van der Waals surface area contributed by atoms with E-state index in [1.807, 2.05) is 42.5 Å². The minimum atomic E-state index is -0.705. The van der Waals surface area contributed by atoms with Gasteiger partial charge >= 0.3 is 0 Å². The number of hydrogen-bond acceptors (Lipinski definition) is 3. The van der Waals surface area contributed by atoms with E-state index in [2.05, 4.69) is 0 Å². The van der Waals surface area contributed by atoms with Crippen LogP contribution in [0.25, 0.3) is 10.8 Å². The SMILES string of the molecule is CN1C(=O)C(CC#N)Oc2ccc3ccccc3c21. The van der Waals surface area contributed by atoms with Crippen LogP contribution in [0.3, 0.4) is 0 Å². The van der Waals surface area contributed by atoms with E-state index < -0.39 is 6.10 Å². The molecule has 1 aliphatic heterocycles. The molecule has 19 heavy (non-hydrogen) atoms. The second-order valence-corrected chi connectivity index (χ2v) is 4.50. The zero-order valence-corrected chi connectivity index (χ0v) is 10.5. The van der Waals surface area contributed by atoms with Crippen molar-refractivity contribution in [1.29, 1.82) is 5.26 Å². The van der Waals surface area contributed by atoms with E-state index in [4.69, 9.17) is 10.00 Å². The molecular formula is C15H12N2O2. The molecule has 2 aromatic carbocycles. The lowest BCUT2D eigenvalue weighted by molar-refractivity contribution is -0.125. The van der Waals surface area contributed by atoms with Crippen molar-refractivity contribution < 1.29 is 9.53 Å². The molecule has 0 aliphatic carbocycles. The zero-order chi connectivity index (χ0) is 13.4. The van der Waals surface area contributed by atoms with Crippen LogP contribution in [0.4, 0.5) is 5.69 Å². The number of rotatable bonds is 1. The number of carbonyl (C=O) groups excluding carboxylic acids is 1. The summed E-state index contributed by atoms with van der Waals surface area (Å²) in [6.07, 6.45) is -0.640. The molecule has 0 fully saturated rings. The van der Waals surface area contributed by atoms with E-state index in [0.29, 0.717) is 5.75 Å². The highest BCUT2D eigenvalue weighted by molar-refractivity contribution is 6.08. The van der Waals surface area contributed by atoms with Gasteiger partial charge in [0.1, 0.15) is 5.75 Å². The summed E-state index contributed by atoms with van der Waals surface area (Å²) < 4.78 is 5.65. The Labute approximate surface area is 110 Å². The van der Waals surface area contributed by atoms with Gasteiger partial charge in [0.2, 0.25) is 0 Å². The second kappa shape index (κ2) is 4.29. The number of hydrogen-bond donors (Lipinski definition) is 0. The topological polar surface area (TPSA) is 53.3 Å². The molecule has 1 amide bonds. The summed E-state index contributed by atoms with van der Waals surface area (Å²) in [5, 5.41) is 10.8. The number of fused-ring (bicyclic) bond motifs is 3. The Morgan fingerprint density at radius 2 is 2.11 bits per heavy atom. The summed E-state index contributed by atoms with van der Waals surface area (Å²) in [4.78, 5) is 13.8. The van der Waals surface area contributed by atoms with Crippen LogP contribution >= 0.6 is 0 Å². The summed E-state index contributed by atoms with van der Waals surface area (Å²) in [6.45, 7) is 0. The van der Waals surface area contributed by atoms with Crippen LogP contribution in [0.2, 0.25) is 0 Å². The smallest absolute Gasteiger partial charge is 0.269 e. The molecule has 4 nitrogen and oxygen atoms in total. The molecule has 0 saturated heterocycles. The van der Waals surface area contributed by atoms with Gasteiger partial charge in [-0.05, 0) is 11.5 Å². The number of nitrogens with zero attached hydrogens (tertiary/aromatic N) is 2. The molecule has 1 aliphatic rings. The van der Waals surface area contributed by atoms with Crippen LogP contribution < -0.4 is 9.64 Å². The first-order valence-corrected chi connectivity index (χ1v) is 6.05. The molecule has 0 bridgehead atoms. The monoisotopic (exact) mass is 252 g/mol. The van der Waals surface area contributed by atoms with E-state index in [1.54, 1.807) is 11.9 Å². The van der Waals surface area contributed by atoms with Crippen molar-refractivity contribution in [3.8, 4) is 11.8 Å². The van der Waals surface area contributed by atoms with Crippen molar-refractivity contribution in [1.82, 2.24) is 0 Å². The Morgan fingerprint density at radius 1 is 1.32 bits per heavy atom. The summed E-state index contributed by atoms with van der Waals surface area (Å²) in [6, 6.07) is 13.6. The highest BCUT2D eigenvalue weighted by atomic mass is 16.5. The van der Waals surface area contributed by atoms with Gasteiger partial charge in [-0.2, -0.15) is 5.26 Å². The first kappa shape index (κ1) is 11.5. The first-order chi connectivity index (χ1) is 9.22. The quantitative estimate of drug-likeness (QED) is 0.783. The fraction of sp³-hybridized carbons (Fsp3) is 0.200. The molecular weight excluding hydrogens is 240 g/mol. The van der Waals surface area contributed by atoms with Crippen molar-refractivity contribution in [3.05, 3.63) is 36.4 Å². The zero-order valence-electron chi connectivity index (χ0n) is 10.5. The standard InChI is InChI=1S/C15H12N2O2/c1-17-14-11-5-3-2-4-10(11)6-7-12(14)19-13(8-9-16)15(17)18/h2-7,13H,8H2,1H3. The van der Waals surface area contributed by atoms with Gasteiger partial charge in [0.15, 0.2) is 6.10 Å². The molecule has 0 N–H and O–H groups in total. The lowest BCUT2D eigenvalue weighted by atomic mass is 10.0. The Hall–Kier alpha value is -2.54. The lowest BCUT2D eigenvalue weighted by Gasteiger charge is -2.32. The van der Waals surface area contributed by atoms with E-state index in [1.165, 1.54) is 0 Å². The van der Waals surface area contributed by atoms with Crippen LogP contribution in [0.15, 0.2) is 36.4 Å². The summed E-state index contributed by atoms with van der Waals surface area (Å²) in [5.74, 6) is 0.478. The number of amides is 1. The van der Waals surface area contributed by atoms with Gasteiger partial charge in [-0.3, -0.25) is 4.79 Å². The van der Waals surface area contributed by atoms with Crippen LogP contribution in [0, 0.1) is 11.3 Å². The third-order valence-electron chi connectivity index (χ3n) is 3.35. The first-order valence-electron chi connectivity index (χ1n) is 6.05. The van der Waals surface area contributed by atoms with Crippen molar-refractivity contribution in [3.63, 3.8) is 0 Å². The van der Waals surface area contributed by atoms with Gasteiger partial charge in [-0.15, -0.1) is 0 Å². The predicted octanol–water partition coefficient (Wildman–Crippen LogP) is 2.48. The van der Waals surface area contributed by atoms with Gasteiger partial charge in [-0.25, -0.2) is 0 Å². The number of ether oxygens (including phenoxy) is 1. The van der Waals surface area contributed by atoms with Crippen LogP contribution in [0.1, 0.15) is 6.42 Å². The lowest BCUT2D eigenvalue weighted by Crippen LogP contribution is -2.43. The van der Waals surface area contributed by atoms with Gasteiger partial charge in [0.25, 0.3) is 5.91 Å². The molecule has 0 radical (unpaired) electrons. The third kappa shape index (κ3) is 1.71. The van der Waals surface area contributed by atoms with Gasteiger partial charge in [0.05, 0.1) is 18.2 Å². The molecule has 1 unspecified atom stereocenters. The maximum Gasteiger partial charge on any atom is 0.269 e. The molecule has 1 atom stereocenters. The minimum absolute atomic E-state index is 0.0649. The van der Waals surface area contributed by atoms with Crippen molar-refractivity contribution >= 4 is 22.4 Å². The molecule has 3 rings (SSSR count). The third-order valence-corrected chi connectivity index (χ3v) is 3.35.